The number of nitrogen functional groups attached to an aromatic ring is 1. The van der Waals surface area contributed by atoms with E-state index in [4.69, 9.17) is 10.6 Å². The Morgan fingerprint density at radius 3 is 2.64 bits per heavy atom. The van der Waals surface area contributed by atoms with Crippen LogP contribution in [0.2, 0.25) is 0 Å². The summed E-state index contributed by atoms with van der Waals surface area (Å²) < 4.78 is 5.65. The Labute approximate surface area is 164 Å². The SMILES string of the molecule is Cc1ccccc1OCC(O)CNC(C)(C)CNC(=O)c1ccc(NN)nn1. The molecule has 1 amide bonds. The first kappa shape index (κ1) is 21.5. The van der Waals surface area contributed by atoms with Gasteiger partial charge in [0.05, 0.1) is 0 Å². The summed E-state index contributed by atoms with van der Waals surface area (Å²) in [5.41, 5.74) is 3.13. The van der Waals surface area contributed by atoms with Crippen molar-refractivity contribution in [2.24, 2.45) is 5.84 Å². The number of anilines is 1. The highest BCUT2D eigenvalue weighted by molar-refractivity contribution is 5.92. The number of aliphatic hydroxyl groups excluding tert-OH is 1. The lowest BCUT2D eigenvalue weighted by Gasteiger charge is -2.28. The van der Waals surface area contributed by atoms with Crippen LogP contribution in [0.3, 0.4) is 0 Å². The lowest BCUT2D eigenvalue weighted by Crippen LogP contribution is -2.51. The molecule has 1 unspecified atom stereocenters. The first-order chi connectivity index (χ1) is 13.3. The van der Waals surface area contributed by atoms with Crippen LogP contribution in [-0.4, -0.2) is 52.6 Å². The van der Waals surface area contributed by atoms with Crippen molar-refractivity contribution in [2.75, 3.05) is 25.1 Å². The van der Waals surface area contributed by atoms with Crippen LogP contribution in [0.1, 0.15) is 29.9 Å². The van der Waals surface area contributed by atoms with E-state index in [1.807, 2.05) is 45.0 Å². The van der Waals surface area contributed by atoms with Gasteiger partial charge in [-0.1, -0.05) is 18.2 Å². The third kappa shape index (κ3) is 6.76. The number of rotatable bonds is 10. The molecule has 1 atom stereocenters. The minimum Gasteiger partial charge on any atom is -0.491 e. The largest absolute Gasteiger partial charge is 0.491 e. The Balaban J connectivity index is 1.74. The van der Waals surface area contributed by atoms with Crippen LogP contribution in [-0.2, 0) is 0 Å². The average Bonchev–Trinajstić information content (AvgIpc) is 2.70. The standard InChI is InChI=1S/C19H28N6O3/c1-13-6-4-5-7-16(13)28-11-14(26)10-22-19(2,3)12-21-18(27)15-8-9-17(23-20)25-24-15/h4-9,14,22,26H,10-12,20H2,1-3H3,(H,21,27)(H,23,25). The van der Waals surface area contributed by atoms with Gasteiger partial charge in [0.2, 0.25) is 0 Å². The van der Waals surface area contributed by atoms with Gasteiger partial charge >= 0.3 is 0 Å². The molecule has 0 radical (unpaired) electrons. The number of hydrogen-bond acceptors (Lipinski definition) is 8. The molecule has 1 heterocycles. The molecule has 9 heteroatoms. The zero-order chi connectivity index (χ0) is 20.6. The van der Waals surface area contributed by atoms with Crippen LogP contribution in [0.25, 0.3) is 0 Å². The fourth-order valence-corrected chi connectivity index (χ4v) is 2.34. The van der Waals surface area contributed by atoms with Gasteiger partial charge in [-0.15, -0.1) is 10.2 Å². The van der Waals surface area contributed by atoms with E-state index in [1.54, 1.807) is 6.07 Å². The highest BCUT2D eigenvalue weighted by Crippen LogP contribution is 2.16. The van der Waals surface area contributed by atoms with Crippen LogP contribution in [0, 0.1) is 6.92 Å². The van der Waals surface area contributed by atoms with Crippen LogP contribution >= 0.6 is 0 Å². The molecule has 0 saturated heterocycles. The molecule has 0 aliphatic rings. The van der Waals surface area contributed by atoms with Gasteiger partial charge in [0, 0.05) is 18.6 Å². The summed E-state index contributed by atoms with van der Waals surface area (Å²) in [6.07, 6.45) is -0.684. The molecule has 0 spiro atoms. The van der Waals surface area contributed by atoms with Crippen LogP contribution in [0.15, 0.2) is 36.4 Å². The van der Waals surface area contributed by atoms with E-state index in [9.17, 15) is 9.90 Å². The molecular weight excluding hydrogens is 360 g/mol. The van der Waals surface area contributed by atoms with Crippen molar-refractivity contribution >= 4 is 11.7 Å². The number of β-amino-alcohol motifs (C(OH)–C–C–N with tert-alkyl or cyclic N) is 1. The number of aryl methyl sites for hydroxylation is 1. The maximum absolute atomic E-state index is 12.2. The summed E-state index contributed by atoms with van der Waals surface area (Å²) in [5.74, 6) is 6.01. The smallest absolute Gasteiger partial charge is 0.271 e. The van der Waals surface area contributed by atoms with Crippen molar-refractivity contribution in [3.8, 4) is 5.75 Å². The number of hydrogen-bond donors (Lipinski definition) is 5. The number of para-hydroxylation sites is 1. The maximum atomic E-state index is 12.2. The molecule has 0 bridgehead atoms. The van der Waals surface area contributed by atoms with Gasteiger partial charge in [0.1, 0.15) is 18.5 Å². The van der Waals surface area contributed by atoms with E-state index in [1.165, 1.54) is 6.07 Å². The average molecular weight is 388 g/mol. The number of aromatic nitrogens is 2. The molecule has 2 rings (SSSR count). The molecule has 0 saturated carbocycles. The highest BCUT2D eigenvalue weighted by atomic mass is 16.5. The number of aliphatic hydroxyl groups is 1. The Hall–Kier alpha value is -2.75. The molecule has 1 aromatic carbocycles. The third-order valence-electron chi connectivity index (χ3n) is 4.08. The number of amides is 1. The van der Waals surface area contributed by atoms with Gasteiger partial charge in [0.25, 0.3) is 5.91 Å². The van der Waals surface area contributed by atoms with Gasteiger partial charge in [0.15, 0.2) is 11.5 Å². The van der Waals surface area contributed by atoms with Gasteiger partial charge in [-0.3, -0.25) is 4.79 Å². The zero-order valence-electron chi connectivity index (χ0n) is 16.4. The molecule has 9 nitrogen and oxygen atoms in total. The van der Waals surface area contributed by atoms with Crippen molar-refractivity contribution in [3.63, 3.8) is 0 Å². The number of hydrazine groups is 1. The van der Waals surface area contributed by atoms with Crippen molar-refractivity contribution in [3.05, 3.63) is 47.7 Å². The molecule has 2 aromatic rings. The summed E-state index contributed by atoms with van der Waals surface area (Å²) in [4.78, 5) is 12.2. The molecule has 152 valence electrons. The van der Waals surface area contributed by atoms with E-state index in [0.717, 1.165) is 11.3 Å². The Morgan fingerprint density at radius 1 is 1.25 bits per heavy atom. The first-order valence-corrected chi connectivity index (χ1v) is 9.01. The van der Waals surface area contributed by atoms with E-state index in [0.29, 0.717) is 18.9 Å². The molecule has 0 fully saturated rings. The molecular formula is C19H28N6O3. The van der Waals surface area contributed by atoms with E-state index < -0.39 is 11.6 Å². The monoisotopic (exact) mass is 388 g/mol. The first-order valence-electron chi connectivity index (χ1n) is 9.01. The third-order valence-corrected chi connectivity index (χ3v) is 4.08. The topological polar surface area (TPSA) is 134 Å². The number of benzene rings is 1. The second-order valence-electron chi connectivity index (χ2n) is 7.13. The number of carbonyl (C=O) groups excluding carboxylic acids is 1. The summed E-state index contributed by atoms with van der Waals surface area (Å²) in [7, 11) is 0. The number of nitrogens with one attached hydrogen (secondary N) is 3. The van der Waals surface area contributed by atoms with Gasteiger partial charge in [-0.25, -0.2) is 5.84 Å². The molecule has 1 aromatic heterocycles. The summed E-state index contributed by atoms with van der Waals surface area (Å²) in [6.45, 7) is 6.65. The minimum atomic E-state index is -0.684. The van der Waals surface area contributed by atoms with Gasteiger partial charge in [-0.05, 0) is 44.5 Å². The van der Waals surface area contributed by atoms with E-state index >= 15 is 0 Å². The van der Waals surface area contributed by atoms with Crippen LogP contribution in [0.5, 0.6) is 5.75 Å². The minimum absolute atomic E-state index is 0.178. The van der Waals surface area contributed by atoms with Crippen molar-refractivity contribution in [1.29, 1.82) is 0 Å². The Morgan fingerprint density at radius 2 is 2.00 bits per heavy atom. The fraction of sp³-hybridized carbons (Fsp3) is 0.421. The number of ether oxygens (including phenoxy) is 1. The second-order valence-corrected chi connectivity index (χ2v) is 7.13. The van der Waals surface area contributed by atoms with Crippen molar-refractivity contribution in [1.82, 2.24) is 20.8 Å². The van der Waals surface area contributed by atoms with E-state index in [2.05, 4.69) is 26.3 Å². The summed E-state index contributed by atoms with van der Waals surface area (Å²) in [6, 6.07) is 10.8. The Bertz CT molecular complexity index is 767. The molecule has 0 aliphatic heterocycles. The zero-order valence-corrected chi connectivity index (χ0v) is 16.4. The number of carbonyl (C=O) groups is 1. The molecule has 6 N–H and O–H groups in total. The number of nitrogens with zero attached hydrogens (tertiary/aromatic N) is 2. The van der Waals surface area contributed by atoms with Gasteiger partial charge in [-0.2, -0.15) is 0 Å². The lowest BCUT2D eigenvalue weighted by atomic mass is 10.1. The van der Waals surface area contributed by atoms with Crippen LogP contribution in [0.4, 0.5) is 5.82 Å². The molecule has 28 heavy (non-hydrogen) atoms. The maximum Gasteiger partial charge on any atom is 0.271 e. The second kappa shape index (κ2) is 9.98. The van der Waals surface area contributed by atoms with E-state index in [-0.39, 0.29) is 18.2 Å². The summed E-state index contributed by atoms with van der Waals surface area (Å²) in [5, 5.41) is 23.8. The summed E-state index contributed by atoms with van der Waals surface area (Å²) >= 11 is 0. The fourth-order valence-electron chi connectivity index (χ4n) is 2.34. The number of nitrogens with two attached hydrogens (primary N) is 1. The predicted molar refractivity (Wildman–Crippen MR) is 107 cm³/mol. The van der Waals surface area contributed by atoms with Crippen molar-refractivity contribution < 1.29 is 14.6 Å². The van der Waals surface area contributed by atoms with Gasteiger partial charge < -0.3 is 25.9 Å². The quantitative estimate of drug-likeness (QED) is 0.295. The van der Waals surface area contributed by atoms with Crippen molar-refractivity contribution in [2.45, 2.75) is 32.4 Å². The highest BCUT2D eigenvalue weighted by Gasteiger charge is 2.20. The van der Waals surface area contributed by atoms with Crippen LogP contribution < -0.4 is 26.6 Å². The predicted octanol–water partition coefficient (Wildman–Crippen LogP) is 0.609. The molecule has 0 aliphatic carbocycles. The Kier molecular flexibility index (Phi) is 7.68. The lowest BCUT2D eigenvalue weighted by molar-refractivity contribution is 0.0908. The normalized spacial score (nSPS) is 12.3.